The number of carbonyl (C=O) groups excluding carboxylic acids is 4. The predicted molar refractivity (Wildman–Crippen MR) is 484 cm³/mol. The van der Waals surface area contributed by atoms with Crippen molar-refractivity contribution in [1.82, 2.24) is 0 Å². The second-order valence-corrected chi connectivity index (χ2v) is 36.7. The number of anilines is 4. The third-order valence-corrected chi connectivity index (χ3v) is 27.2. The number of aliphatic hydroxyl groups excluding tert-OH is 4. The van der Waals surface area contributed by atoms with Crippen LogP contribution in [-0.2, 0) is 54.7 Å². The minimum Gasteiger partial charge on any atom is -0.477 e. The van der Waals surface area contributed by atoms with Crippen molar-refractivity contribution in [3.05, 3.63) is 207 Å². The number of hydrogen-bond donors (Lipinski definition) is 8. The number of ether oxygens (including phenoxy) is 2. The average molecular weight is 1750 g/mol. The van der Waals surface area contributed by atoms with Crippen LogP contribution in [0.4, 0.5) is 22.7 Å². The summed E-state index contributed by atoms with van der Waals surface area (Å²) >= 11 is 5.07. The highest BCUT2D eigenvalue weighted by atomic mass is 32.1. The maximum Gasteiger partial charge on any atom is 0.345 e. The molecule has 0 radical (unpaired) electrons. The van der Waals surface area contributed by atoms with E-state index in [1.807, 2.05) is 119 Å². The van der Waals surface area contributed by atoms with Crippen LogP contribution in [0.2, 0.25) is 0 Å². The van der Waals surface area contributed by atoms with Crippen LogP contribution < -0.4 is 19.6 Å². The van der Waals surface area contributed by atoms with Gasteiger partial charge in [0.25, 0.3) is 0 Å². The number of unbranched alkanes of at least 4 members (excludes halogenated alkanes) is 10. The van der Waals surface area contributed by atoms with E-state index in [2.05, 4.69) is 27.7 Å². The second-order valence-electron chi connectivity index (χ2n) is 32.0. The van der Waals surface area contributed by atoms with E-state index < -0.39 is 48.3 Å². The second kappa shape index (κ2) is 50.8. The Kier molecular flexibility index (Phi) is 40.4. The maximum atomic E-state index is 12.5. The first-order chi connectivity index (χ1) is 59.0. The molecule has 4 aromatic carbocycles. The molecule has 22 nitrogen and oxygen atoms in total. The Bertz CT molecular complexity index is 4270. The summed E-state index contributed by atoms with van der Waals surface area (Å²) in [5.74, 6) is -3.16. The highest BCUT2D eigenvalue weighted by molar-refractivity contribution is 7.14. The van der Waals surface area contributed by atoms with Crippen molar-refractivity contribution in [2.75, 3.05) is 32.8 Å². The predicted octanol–water partition coefficient (Wildman–Crippen LogP) is 21.5. The molecule has 4 aliphatic rings. The SMILES string of the molecule is CCCCCC(O)c1ccc(N2C(=O)CC[C@H]2CCCc2ccc(C(=O)O)s2)cc1.CCCCCC(O)c1ccc(N2C(=O)CC[C@H]2CCCc2ccc(C(=O)O)s2)cc1.CCCCCCC(O)c1ccc(N2C(=O)CC[C@H]2COCc2ccc(C(=O)O)s2)cc1.CCCCCCC(O)c1ccc(N2C(=O)CC[C@H]2COCc2ccc(C(=O)O)s2)cc1. The van der Waals surface area contributed by atoms with Gasteiger partial charge in [-0.1, -0.05) is 166 Å². The molecular formula is C96H124N4O18S4. The summed E-state index contributed by atoms with van der Waals surface area (Å²) in [5, 5.41) is 77.6. The van der Waals surface area contributed by atoms with Gasteiger partial charge in [0.1, 0.15) is 19.5 Å². The maximum absolute atomic E-state index is 12.5. The van der Waals surface area contributed by atoms with Crippen LogP contribution in [0.5, 0.6) is 0 Å². The summed E-state index contributed by atoms with van der Waals surface area (Å²) in [6, 6.07) is 44.8. The van der Waals surface area contributed by atoms with E-state index in [1.165, 1.54) is 71.0 Å². The van der Waals surface area contributed by atoms with Crippen molar-refractivity contribution < 1.29 is 88.7 Å². The number of thiophene rings is 4. The van der Waals surface area contributed by atoms with Gasteiger partial charge in [0.15, 0.2) is 0 Å². The Morgan fingerprint density at radius 1 is 0.320 bits per heavy atom. The summed E-state index contributed by atoms with van der Waals surface area (Å²) in [4.78, 5) is 107. The number of carboxylic acid groups (broad SMARTS) is 4. The third-order valence-electron chi connectivity index (χ3n) is 22.9. The lowest BCUT2D eigenvalue weighted by molar-refractivity contribution is -0.118. The van der Waals surface area contributed by atoms with Gasteiger partial charge >= 0.3 is 23.9 Å². The van der Waals surface area contributed by atoms with Crippen molar-refractivity contribution in [2.24, 2.45) is 0 Å². The molecule has 0 bridgehead atoms. The molecule has 122 heavy (non-hydrogen) atoms. The monoisotopic (exact) mass is 1750 g/mol. The molecule has 0 spiro atoms. The highest BCUT2D eigenvalue weighted by Crippen LogP contribution is 2.37. The lowest BCUT2D eigenvalue weighted by Crippen LogP contribution is -2.36. The smallest absolute Gasteiger partial charge is 0.345 e. The number of benzene rings is 4. The third kappa shape index (κ3) is 29.7. The zero-order chi connectivity index (χ0) is 87.5. The Morgan fingerprint density at radius 2 is 0.557 bits per heavy atom. The van der Waals surface area contributed by atoms with Gasteiger partial charge < -0.3 is 69.9 Å². The molecule has 8 atom stereocenters. The molecule has 8 N–H and O–H groups in total. The summed E-state index contributed by atoms with van der Waals surface area (Å²) < 4.78 is 11.6. The van der Waals surface area contributed by atoms with Gasteiger partial charge in [-0.2, -0.15) is 0 Å². The summed E-state index contributed by atoms with van der Waals surface area (Å²) in [7, 11) is 0. The van der Waals surface area contributed by atoms with Crippen LogP contribution >= 0.6 is 45.3 Å². The number of aryl methyl sites for hydroxylation is 2. The Balaban J connectivity index is 0.000000185. The molecule has 8 heterocycles. The number of hydrogen-bond acceptors (Lipinski definition) is 18. The largest absolute Gasteiger partial charge is 0.477 e. The number of aliphatic hydroxyl groups is 4. The molecule has 4 aliphatic heterocycles. The molecule has 26 heteroatoms. The van der Waals surface area contributed by atoms with Crippen LogP contribution in [0.1, 0.15) is 325 Å². The zero-order valence-electron chi connectivity index (χ0n) is 71.0. The first kappa shape index (κ1) is 97.0. The number of carbonyl (C=O) groups is 8. The van der Waals surface area contributed by atoms with Crippen molar-refractivity contribution in [3.63, 3.8) is 0 Å². The van der Waals surface area contributed by atoms with Crippen LogP contribution in [0.25, 0.3) is 0 Å². The molecule has 8 aromatic rings. The molecule has 4 amide bonds. The van der Waals surface area contributed by atoms with Crippen molar-refractivity contribution in [1.29, 1.82) is 0 Å². The lowest BCUT2D eigenvalue weighted by atomic mass is 10.0. The van der Waals surface area contributed by atoms with E-state index in [9.17, 15) is 58.8 Å². The van der Waals surface area contributed by atoms with Gasteiger partial charge in [0.05, 0.1) is 62.9 Å². The van der Waals surface area contributed by atoms with Crippen LogP contribution in [0.15, 0.2) is 146 Å². The van der Waals surface area contributed by atoms with Crippen molar-refractivity contribution >= 4 is 116 Å². The fourth-order valence-electron chi connectivity index (χ4n) is 16.1. The molecule has 4 fully saturated rings. The van der Waals surface area contributed by atoms with E-state index >= 15 is 0 Å². The standard InChI is InChI=1S/2C24H31NO5S.2C24H31NO4S/c2*1-2-3-4-5-6-21(26)17-7-9-18(10-8-17)25-19(11-14-23(25)27)15-30-16-20-12-13-22(31-20)24(28)29;2*1-2-3-4-8-21(26)17-9-11-19(12-10-17)25-18(13-16-23(25)27)6-5-7-20-14-15-22(30-20)24(28)29/h2*7-10,12-13,19,21,26H,2-6,11,14-16H2,1H3,(H,28,29);2*9-12,14-15,18,21,26H,2-8,13,16H2,1H3,(H,28,29)/t2*19-,21?;2*18-,21?/m0011/s1. The first-order valence-electron chi connectivity index (χ1n) is 43.8. The number of nitrogens with zero attached hydrogens (tertiary/aromatic N) is 4. The summed E-state index contributed by atoms with van der Waals surface area (Å²) in [6.07, 6.45) is 27.4. The van der Waals surface area contributed by atoms with Gasteiger partial charge in [-0.25, -0.2) is 19.2 Å². The van der Waals surface area contributed by atoms with Gasteiger partial charge in [-0.05, 0) is 209 Å². The van der Waals surface area contributed by atoms with Gasteiger partial charge in [0.2, 0.25) is 23.6 Å². The molecule has 4 aromatic heterocycles. The van der Waals surface area contributed by atoms with E-state index in [0.717, 1.165) is 219 Å². The molecular weight excluding hydrogens is 1630 g/mol. The first-order valence-corrected chi connectivity index (χ1v) is 47.1. The van der Waals surface area contributed by atoms with E-state index in [0.29, 0.717) is 71.6 Å². The number of carboxylic acids is 4. The van der Waals surface area contributed by atoms with Gasteiger partial charge in [0, 0.05) is 80.0 Å². The topological polar surface area (TPSA) is 330 Å². The normalized spacial score (nSPS) is 17.4. The minimum atomic E-state index is -0.932. The van der Waals surface area contributed by atoms with E-state index in [1.54, 1.807) is 46.2 Å². The fraction of sp³-hybridized carbons (Fsp3) is 0.500. The van der Waals surface area contributed by atoms with Crippen molar-refractivity contribution in [3.8, 4) is 0 Å². The quantitative estimate of drug-likeness (QED) is 0.0164. The summed E-state index contributed by atoms with van der Waals surface area (Å²) in [5.41, 5.74) is 7.02. The van der Waals surface area contributed by atoms with Crippen molar-refractivity contribution in [2.45, 2.75) is 295 Å². The van der Waals surface area contributed by atoms with Gasteiger partial charge in [-0.3, -0.25) is 19.2 Å². The zero-order valence-corrected chi connectivity index (χ0v) is 74.3. The molecule has 0 aliphatic carbocycles. The van der Waals surface area contributed by atoms with Gasteiger partial charge in [-0.15, -0.1) is 45.3 Å². The molecule has 4 unspecified atom stereocenters. The molecule has 0 saturated carbocycles. The Hall–Kier alpha value is -8.80. The summed E-state index contributed by atoms with van der Waals surface area (Å²) in [6.45, 7) is 10.1. The van der Waals surface area contributed by atoms with E-state index in [-0.39, 0.29) is 47.8 Å². The molecule has 660 valence electrons. The average Bonchev–Trinajstić information content (AvgIpc) is 1.69. The Labute approximate surface area is 734 Å². The number of rotatable bonds is 46. The minimum absolute atomic E-state index is 0.0452. The van der Waals surface area contributed by atoms with Crippen LogP contribution in [0, 0.1) is 0 Å². The highest BCUT2D eigenvalue weighted by Gasteiger charge is 2.36. The van der Waals surface area contributed by atoms with Crippen LogP contribution in [0.3, 0.4) is 0 Å². The Morgan fingerprint density at radius 3 is 0.820 bits per heavy atom. The van der Waals surface area contributed by atoms with E-state index in [4.69, 9.17) is 29.9 Å². The number of amides is 4. The molecule has 12 rings (SSSR count). The van der Waals surface area contributed by atoms with Crippen LogP contribution in [-0.4, -0.2) is 126 Å². The molecule has 4 saturated heterocycles. The fourth-order valence-corrected chi connectivity index (χ4v) is 19.4. The number of aromatic carboxylic acids is 4. The lowest BCUT2D eigenvalue weighted by Gasteiger charge is -2.25.